The normalized spacial score (nSPS) is 11.1. The summed E-state index contributed by atoms with van der Waals surface area (Å²) in [5, 5.41) is 2.83. The van der Waals surface area contributed by atoms with Crippen LogP contribution in [0.25, 0.3) is 0 Å². The standard InChI is InChI=1S/C29H27FN2O4S2/c1-21-18-22(20-37-26-6-4-3-5-7-26)8-17-28(21)31-29(33)19-32(24-11-13-25(36-2)14-12-24)38(34,35)27-15-9-23(30)10-16-27/h3-18H,19-20H2,1-2H3,(H,31,33). The second kappa shape index (κ2) is 12.1. The van der Waals surface area contributed by atoms with Crippen LogP contribution in [0.1, 0.15) is 11.1 Å². The van der Waals surface area contributed by atoms with Gasteiger partial charge < -0.3 is 10.1 Å². The van der Waals surface area contributed by atoms with Gasteiger partial charge in [0.05, 0.1) is 17.7 Å². The Balaban J connectivity index is 1.52. The van der Waals surface area contributed by atoms with Gasteiger partial charge in [-0.25, -0.2) is 12.8 Å². The molecule has 0 atom stereocenters. The first-order chi connectivity index (χ1) is 18.3. The average molecular weight is 551 g/mol. The van der Waals surface area contributed by atoms with E-state index in [1.165, 1.54) is 24.1 Å². The molecule has 4 aromatic carbocycles. The summed E-state index contributed by atoms with van der Waals surface area (Å²) < 4.78 is 46.6. The Bertz CT molecular complexity index is 1490. The Morgan fingerprint density at radius 1 is 0.947 bits per heavy atom. The molecule has 9 heteroatoms. The lowest BCUT2D eigenvalue weighted by molar-refractivity contribution is -0.114. The van der Waals surface area contributed by atoms with Crippen molar-refractivity contribution in [2.75, 3.05) is 23.3 Å². The lowest BCUT2D eigenvalue weighted by Crippen LogP contribution is -2.38. The van der Waals surface area contributed by atoms with Crippen molar-refractivity contribution < 1.29 is 22.3 Å². The molecule has 0 saturated carbocycles. The highest BCUT2D eigenvalue weighted by atomic mass is 32.2. The van der Waals surface area contributed by atoms with Gasteiger partial charge in [0.25, 0.3) is 10.0 Å². The highest BCUT2D eigenvalue weighted by Crippen LogP contribution is 2.27. The number of halogens is 1. The van der Waals surface area contributed by atoms with Crippen LogP contribution in [-0.2, 0) is 20.6 Å². The van der Waals surface area contributed by atoms with Crippen LogP contribution in [0, 0.1) is 12.7 Å². The Kier molecular flexibility index (Phi) is 8.70. The minimum atomic E-state index is -4.17. The Morgan fingerprint density at radius 3 is 2.26 bits per heavy atom. The highest BCUT2D eigenvalue weighted by Gasteiger charge is 2.27. The van der Waals surface area contributed by atoms with Gasteiger partial charge in [-0.2, -0.15) is 0 Å². The maximum Gasteiger partial charge on any atom is 0.264 e. The largest absolute Gasteiger partial charge is 0.497 e. The first-order valence-corrected chi connectivity index (χ1v) is 14.2. The van der Waals surface area contributed by atoms with Crippen LogP contribution in [0.5, 0.6) is 5.75 Å². The summed E-state index contributed by atoms with van der Waals surface area (Å²) in [6.07, 6.45) is 0. The van der Waals surface area contributed by atoms with Crippen molar-refractivity contribution in [3.05, 3.63) is 114 Å². The fourth-order valence-corrected chi connectivity index (χ4v) is 6.04. The Hall–Kier alpha value is -3.82. The van der Waals surface area contributed by atoms with Crippen molar-refractivity contribution >= 4 is 39.1 Å². The summed E-state index contributed by atoms with van der Waals surface area (Å²) in [4.78, 5) is 14.1. The SMILES string of the molecule is COc1ccc(N(CC(=O)Nc2ccc(CSc3ccccc3)cc2C)S(=O)(=O)c2ccc(F)cc2)cc1. The van der Waals surface area contributed by atoms with Crippen molar-refractivity contribution in [1.82, 2.24) is 0 Å². The molecule has 0 spiro atoms. The van der Waals surface area contributed by atoms with Gasteiger partial charge in [-0.3, -0.25) is 9.10 Å². The summed E-state index contributed by atoms with van der Waals surface area (Å²) in [6, 6.07) is 26.7. The number of sulfonamides is 1. The summed E-state index contributed by atoms with van der Waals surface area (Å²) in [5.74, 6) is 0.249. The Morgan fingerprint density at radius 2 is 1.63 bits per heavy atom. The zero-order chi connectivity index (χ0) is 27.1. The predicted octanol–water partition coefficient (Wildman–Crippen LogP) is 6.27. The third-order valence-corrected chi connectivity index (χ3v) is 8.63. The molecule has 0 radical (unpaired) electrons. The number of amides is 1. The van der Waals surface area contributed by atoms with E-state index in [9.17, 15) is 17.6 Å². The molecular weight excluding hydrogens is 523 g/mol. The second-order valence-electron chi connectivity index (χ2n) is 8.46. The monoisotopic (exact) mass is 550 g/mol. The lowest BCUT2D eigenvalue weighted by Gasteiger charge is -2.24. The molecule has 0 fully saturated rings. The van der Waals surface area contributed by atoms with Crippen molar-refractivity contribution in [1.29, 1.82) is 0 Å². The molecule has 4 aromatic rings. The molecule has 0 bridgehead atoms. The Labute approximate surface area is 226 Å². The molecule has 0 heterocycles. The van der Waals surface area contributed by atoms with E-state index in [1.54, 1.807) is 36.0 Å². The fraction of sp³-hybridized carbons (Fsp3) is 0.138. The number of ether oxygens (including phenoxy) is 1. The van der Waals surface area contributed by atoms with E-state index in [-0.39, 0.29) is 10.6 Å². The molecule has 0 aliphatic heterocycles. The van der Waals surface area contributed by atoms with Crippen LogP contribution < -0.4 is 14.4 Å². The molecule has 4 rings (SSSR count). The van der Waals surface area contributed by atoms with Crippen molar-refractivity contribution in [3.8, 4) is 5.75 Å². The topological polar surface area (TPSA) is 75.7 Å². The van der Waals surface area contributed by atoms with Crippen LogP contribution in [0.4, 0.5) is 15.8 Å². The molecule has 0 unspecified atom stereocenters. The number of hydrogen-bond donors (Lipinski definition) is 1. The van der Waals surface area contributed by atoms with Gasteiger partial charge in [0.1, 0.15) is 18.1 Å². The zero-order valence-corrected chi connectivity index (χ0v) is 22.6. The summed E-state index contributed by atoms with van der Waals surface area (Å²) in [5.41, 5.74) is 2.84. The number of hydrogen-bond acceptors (Lipinski definition) is 5. The number of benzene rings is 4. The van der Waals surface area contributed by atoms with Gasteiger partial charge in [0.2, 0.25) is 5.91 Å². The van der Waals surface area contributed by atoms with Gasteiger partial charge >= 0.3 is 0 Å². The number of carbonyl (C=O) groups is 1. The molecule has 38 heavy (non-hydrogen) atoms. The average Bonchev–Trinajstić information content (AvgIpc) is 2.93. The first kappa shape index (κ1) is 27.2. The molecule has 1 amide bonds. The maximum atomic E-state index is 13.5. The van der Waals surface area contributed by atoms with E-state index in [0.29, 0.717) is 11.4 Å². The second-order valence-corrected chi connectivity index (χ2v) is 11.4. The number of rotatable bonds is 10. The zero-order valence-electron chi connectivity index (χ0n) is 20.9. The molecular formula is C29H27FN2O4S2. The predicted molar refractivity (Wildman–Crippen MR) is 150 cm³/mol. The van der Waals surface area contributed by atoms with Crippen LogP contribution in [0.2, 0.25) is 0 Å². The first-order valence-electron chi connectivity index (χ1n) is 11.8. The molecule has 0 saturated heterocycles. The fourth-order valence-electron chi connectivity index (χ4n) is 3.76. The van der Waals surface area contributed by atoms with Crippen LogP contribution in [-0.4, -0.2) is 28.0 Å². The van der Waals surface area contributed by atoms with Crippen molar-refractivity contribution in [3.63, 3.8) is 0 Å². The van der Waals surface area contributed by atoms with E-state index in [4.69, 9.17) is 4.74 Å². The molecule has 0 aliphatic rings. The highest BCUT2D eigenvalue weighted by molar-refractivity contribution is 7.98. The third kappa shape index (κ3) is 6.73. The smallest absolute Gasteiger partial charge is 0.264 e. The molecule has 0 aliphatic carbocycles. The summed E-state index contributed by atoms with van der Waals surface area (Å²) >= 11 is 1.72. The number of nitrogens with zero attached hydrogens (tertiary/aromatic N) is 1. The molecule has 1 N–H and O–H groups in total. The summed E-state index contributed by atoms with van der Waals surface area (Å²) in [6.45, 7) is 1.42. The number of anilines is 2. The molecule has 0 aromatic heterocycles. The number of carbonyl (C=O) groups excluding carboxylic acids is 1. The van der Waals surface area contributed by atoms with Crippen molar-refractivity contribution in [2.45, 2.75) is 22.5 Å². The van der Waals surface area contributed by atoms with Gasteiger partial charge in [0, 0.05) is 16.3 Å². The van der Waals surface area contributed by atoms with Crippen LogP contribution in [0.3, 0.4) is 0 Å². The maximum absolute atomic E-state index is 13.5. The van der Waals surface area contributed by atoms with Crippen LogP contribution in [0.15, 0.2) is 107 Å². The molecule has 6 nitrogen and oxygen atoms in total. The van der Waals surface area contributed by atoms with Crippen LogP contribution >= 0.6 is 11.8 Å². The quantitative estimate of drug-likeness (QED) is 0.236. The minimum Gasteiger partial charge on any atom is -0.497 e. The van der Waals surface area contributed by atoms with Gasteiger partial charge in [-0.1, -0.05) is 30.3 Å². The number of methoxy groups -OCH3 is 1. The molecule has 196 valence electrons. The van der Waals surface area contributed by atoms with Gasteiger partial charge in [-0.15, -0.1) is 11.8 Å². The number of thioether (sulfide) groups is 1. The van der Waals surface area contributed by atoms with E-state index < -0.39 is 28.3 Å². The van der Waals surface area contributed by atoms with E-state index in [1.807, 2.05) is 43.3 Å². The minimum absolute atomic E-state index is 0.126. The number of nitrogens with one attached hydrogen (secondary N) is 1. The summed E-state index contributed by atoms with van der Waals surface area (Å²) in [7, 11) is -2.66. The van der Waals surface area contributed by atoms with Gasteiger partial charge in [-0.05, 0) is 84.8 Å². The van der Waals surface area contributed by atoms with E-state index >= 15 is 0 Å². The van der Waals surface area contributed by atoms with E-state index in [0.717, 1.165) is 33.3 Å². The lowest BCUT2D eigenvalue weighted by atomic mass is 10.1. The number of aryl methyl sites for hydroxylation is 1. The van der Waals surface area contributed by atoms with Crippen molar-refractivity contribution in [2.24, 2.45) is 0 Å². The van der Waals surface area contributed by atoms with E-state index in [2.05, 4.69) is 17.4 Å². The van der Waals surface area contributed by atoms with Gasteiger partial charge in [0.15, 0.2) is 0 Å². The third-order valence-electron chi connectivity index (χ3n) is 5.76.